The van der Waals surface area contributed by atoms with Crippen LogP contribution in [0, 0.1) is 0 Å². The molecule has 1 amide bonds. The van der Waals surface area contributed by atoms with Crippen molar-refractivity contribution in [2.24, 2.45) is 0 Å². The van der Waals surface area contributed by atoms with E-state index in [0.717, 1.165) is 18.8 Å². The van der Waals surface area contributed by atoms with Gasteiger partial charge in [0.1, 0.15) is 0 Å². The number of anilines is 2. The minimum atomic E-state index is -1.34. The van der Waals surface area contributed by atoms with Crippen LogP contribution >= 0.6 is 0 Å². The van der Waals surface area contributed by atoms with E-state index in [2.05, 4.69) is 10.2 Å². The summed E-state index contributed by atoms with van der Waals surface area (Å²) >= 11 is 0. The number of carbonyl (C=O) groups excluding carboxylic acids is 2. The van der Waals surface area contributed by atoms with Gasteiger partial charge in [0.15, 0.2) is 6.10 Å². The highest BCUT2D eigenvalue weighted by atomic mass is 32.2. The van der Waals surface area contributed by atoms with E-state index in [1.807, 2.05) is 24.3 Å². The number of morpholine rings is 1. The molecule has 0 unspecified atom stereocenters. The van der Waals surface area contributed by atoms with Gasteiger partial charge in [0.25, 0.3) is 5.91 Å². The van der Waals surface area contributed by atoms with Gasteiger partial charge in [-0.05, 0) is 43.3 Å². The van der Waals surface area contributed by atoms with Crippen LogP contribution in [-0.4, -0.2) is 54.7 Å². The summed E-state index contributed by atoms with van der Waals surface area (Å²) < 4.78 is 22.4. The number of ether oxygens (including phenoxy) is 2. The van der Waals surface area contributed by atoms with E-state index in [-0.39, 0.29) is 5.56 Å². The van der Waals surface area contributed by atoms with Gasteiger partial charge < -0.3 is 19.7 Å². The standard InChI is InChI=1S/C21H24N2O5S/c1-15(28-21(25)18-5-3-4-6-19(18)29(2)26)20(24)22-16-7-9-17(10-8-16)23-11-13-27-14-12-23/h3-10,15H,11-14H2,1-2H3,(H,22,24)/t15-,29-/m1/s1. The molecule has 0 aliphatic carbocycles. The minimum absolute atomic E-state index is 0.197. The summed E-state index contributed by atoms with van der Waals surface area (Å²) in [5, 5.41) is 2.75. The van der Waals surface area contributed by atoms with Crippen LogP contribution in [0.25, 0.3) is 0 Å². The Hall–Kier alpha value is -2.71. The predicted octanol–water partition coefficient (Wildman–Crippen LogP) is 2.44. The van der Waals surface area contributed by atoms with E-state index in [0.29, 0.717) is 23.8 Å². The Balaban J connectivity index is 1.59. The number of nitrogens with one attached hydrogen (secondary N) is 1. The lowest BCUT2D eigenvalue weighted by Crippen LogP contribution is -2.36. The molecule has 0 spiro atoms. The van der Waals surface area contributed by atoms with E-state index < -0.39 is 28.8 Å². The smallest absolute Gasteiger partial charge is 0.340 e. The summed E-state index contributed by atoms with van der Waals surface area (Å²) in [5.41, 5.74) is 1.88. The molecule has 29 heavy (non-hydrogen) atoms. The second kappa shape index (κ2) is 9.67. The zero-order valence-electron chi connectivity index (χ0n) is 16.4. The van der Waals surface area contributed by atoms with Gasteiger partial charge in [0.05, 0.1) is 34.5 Å². The maximum absolute atomic E-state index is 12.4. The molecular weight excluding hydrogens is 392 g/mol. The van der Waals surface area contributed by atoms with E-state index in [9.17, 15) is 13.8 Å². The lowest BCUT2D eigenvalue weighted by atomic mass is 10.2. The highest BCUT2D eigenvalue weighted by Crippen LogP contribution is 2.20. The van der Waals surface area contributed by atoms with Gasteiger partial charge in [0.2, 0.25) is 0 Å². The molecule has 7 nitrogen and oxygen atoms in total. The number of hydrogen-bond donors (Lipinski definition) is 1. The Bertz CT molecular complexity index is 894. The summed E-state index contributed by atoms with van der Waals surface area (Å²) in [6, 6.07) is 14.0. The van der Waals surface area contributed by atoms with Crippen molar-refractivity contribution in [3.05, 3.63) is 54.1 Å². The Morgan fingerprint density at radius 2 is 1.76 bits per heavy atom. The Kier molecular flexibility index (Phi) is 7.00. The third-order valence-electron chi connectivity index (χ3n) is 4.58. The van der Waals surface area contributed by atoms with Crippen LogP contribution in [0.1, 0.15) is 17.3 Å². The largest absolute Gasteiger partial charge is 0.449 e. The lowest BCUT2D eigenvalue weighted by Gasteiger charge is -2.28. The zero-order chi connectivity index (χ0) is 20.8. The van der Waals surface area contributed by atoms with Crippen LogP contribution in [-0.2, 0) is 25.1 Å². The van der Waals surface area contributed by atoms with Gasteiger partial charge in [-0.3, -0.25) is 9.00 Å². The van der Waals surface area contributed by atoms with Crippen molar-refractivity contribution < 1.29 is 23.3 Å². The second-order valence-electron chi connectivity index (χ2n) is 6.63. The van der Waals surface area contributed by atoms with Crippen molar-refractivity contribution in [3.63, 3.8) is 0 Å². The number of nitrogens with zero attached hydrogens (tertiary/aromatic N) is 1. The molecule has 1 N–H and O–H groups in total. The van der Waals surface area contributed by atoms with Crippen LogP contribution in [0.5, 0.6) is 0 Å². The Morgan fingerprint density at radius 3 is 2.41 bits per heavy atom. The third-order valence-corrected chi connectivity index (χ3v) is 5.56. The van der Waals surface area contributed by atoms with E-state index in [1.54, 1.807) is 18.2 Å². The third kappa shape index (κ3) is 5.42. The summed E-state index contributed by atoms with van der Waals surface area (Å²) in [6.45, 7) is 4.58. The molecule has 1 aliphatic heterocycles. The number of carbonyl (C=O) groups is 2. The molecule has 8 heteroatoms. The number of hydrogen-bond acceptors (Lipinski definition) is 6. The first kappa shape index (κ1) is 21.0. The average molecular weight is 416 g/mol. The van der Waals surface area contributed by atoms with Gasteiger partial charge in [0, 0.05) is 30.7 Å². The van der Waals surface area contributed by atoms with Crippen LogP contribution < -0.4 is 10.2 Å². The molecule has 0 aromatic heterocycles. The molecule has 1 fully saturated rings. The van der Waals surface area contributed by atoms with Gasteiger partial charge in [-0.1, -0.05) is 12.1 Å². The zero-order valence-corrected chi connectivity index (χ0v) is 17.2. The van der Waals surface area contributed by atoms with Crippen molar-refractivity contribution in [2.45, 2.75) is 17.9 Å². The summed E-state index contributed by atoms with van der Waals surface area (Å²) in [7, 11) is -1.34. The fourth-order valence-corrected chi connectivity index (χ4v) is 3.72. The van der Waals surface area contributed by atoms with Gasteiger partial charge in [-0.2, -0.15) is 0 Å². The molecule has 154 valence electrons. The molecule has 2 atom stereocenters. The molecule has 3 rings (SSSR count). The molecule has 0 radical (unpaired) electrons. The summed E-state index contributed by atoms with van der Waals surface area (Å²) in [4.78, 5) is 27.4. The number of benzene rings is 2. The first-order chi connectivity index (χ1) is 14.0. The SMILES string of the molecule is C[C@@H](OC(=O)c1ccccc1[S@@](C)=O)C(=O)Nc1ccc(N2CCOCC2)cc1. The molecule has 1 aliphatic rings. The van der Waals surface area contributed by atoms with Gasteiger partial charge in [-0.25, -0.2) is 4.79 Å². The molecule has 1 heterocycles. The fraction of sp³-hybridized carbons (Fsp3) is 0.333. The highest BCUT2D eigenvalue weighted by Gasteiger charge is 2.22. The normalized spacial score (nSPS) is 16.0. The summed E-state index contributed by atoms with van der Waals surface area (Å²) in [6.07, 6.45) is 0.489. The molecule has 0 bridgehead atoms. The Labute approximate surface area is 172 Å². The van der Waals surface area contributed by atoms with Crippen molar-refractivity contribution in [2.75, 3.05) is 42.8 Å². The van der Waals surface area contributed by atoms with Crippen LogP contribution in [0.3, 0.4) is 0 Å². The quantitative estimate of drug-likeness (QED) is 0.728. The average Bonchev–Trinajstić information content (AvgIpc) is 2.74. The number of esters is 1. The molecular formula is C21H24N2O5S. The van der Waals surface area contributed by atoms with Crippen LogP contribution in [0.4, 0.5) is 11.4 Å². The van der Waals surface area contributed by atoms with Crippen molar-refractivity contribution >= 4 is 34.1 Å². The minimum Gasteiger partial charge on any atom is -0.449 e. The van der Waals surface area contributed by atoms with Crippen molar-refractivity contribution in [1.29, 1.82) is 0 Å². The first-order valence-corrected chi connectivity index (χ1v) is 10.9. The van der Waals surface area contributed by atoms with Crippen molar-refractivity contribution in [3.8, 4) is 0 Å². The second-order valence-corrected chi connectivity index (χ2v) is 7.98. The van der Waals surface area contributed by atoms with E-state index >= 15 is 0 Å². The van der Waals surface area contributed by atoms with Crippen LogP contribution in [0.15, 0.2) is 53.4 Å². The van der Waals surface area contributed by atoms with E-state index in [1.165, 1.54) is 19.2 Å². The maximum atomic E-state index is 12.4. The highest BCUT2D eigenvalue weighted by molar-refractivity contribution is 7.84. The molecule has 2 aromatic rings. The topological polar surface area (TPSA) is 84.9 Å². The van der Waals surface area contributed by atoms with Gasteiger partial charge in [-0.15, -0.1) is 0 Å². The predicted molar refractivity (Wildman–Crippen MR) is 112 cm³/mol. The molecule has 1 saturated heterocycles. The summed E-state index contributed by atoms with van der Waals surface area (Å²) in [5.74, 6) is -1.12. The fourth-order valence-electron chi connectivity index (χ4n) is 2.98. The number of amides is 1. The first-order valence-electron chi connectivity index (χ1n) is 9.33. The molecule has 2 aromatic carbocycles. The van der Waals surface area contributed by atoms with Crippen LogP contribution in [0.2, 0.25) is 0 Å². The number of rotatable bonds is 6. The monoisotopic (exact) mass is 416 g/mol. The van der Waals surface area contributed by atoms with E-state index in [4.69, 9.17) is 9.47 Å². The lowest BCUT2D eigenvalue weighted by molar-refractivity contribution is -0.123. The molecule has 0 saturated carbocycles. The van der Waals surface area contributed by atoms with Crippen molar-refractivity contribution in [1.82, 2.24) is 0 Å². The maximum Gasteiger partial charge on any atom is 0.340 e. The van der Waals surface area contributed by atoms with Gasteiger partial charge >= 0.3 is 5.97 Å². The Morgan fingerprint density at radius 1 is 1.10 bits per heavy atom.